The molecule has 110 valence electrons. The van der Waals surface area contributed by atoms with Crippen molar-refractivity contribution in [1.29, 1.82) is 0 Å². The van der Waals surface area contributed by atoms with Gasteiger partial charge >= 0.3 is 6.03 Å². The third-order valence-electron chi connectivity index (χ3n) is 3.59. The molecule has 1 saturated heterocycles. The second-order valence-corrected chi connectivity index (χ2v) is 5.98. The van der Waals surface area contributed by atoms with Crippen molar-refractivity contribution in [3.63, 3.8) is 0 Å². The molecule has 0 aromatic carbocycles. The summed E-state index contributed by atoms with van der Waals surface area (Å²) in [6.07, 6.45) is 5.41. The van der Waals surface area contributed by atoms with E-state index in [0.717, 1.165) is 25.9 Å². The molecule has 0 unspecified atom stereocenters. The van der Waals surface area contributed by atoms with E-state index in [1.165, 1.54) is 5.01 Å². The molecule has 1 fully saturated rings. The van der Waals surface area contributed by atoms with Crippen LogP contribution in [0.4, 0.5) is 10.6 Å². The van der Waals surface area contributed by atoms with E-state index < -0.39 is 0 Å². The van der Waals surface area contributed by atoms with E-state index in [1.807, 2.05) is 16.5 Å². The van der Waals surface area contributed by atoms with E-state index in [9.17, 15) is 4.79 Å². The van der Waals surface area contributed by atoms with Gasteiger partial charge in [-0.3, -0.25) is 5.32 Å². The molecule has 0 radical (unpaired) electrons. The molecule has 6 nitrogen and oxygen atoms in total. The van der Waals surface area contributed by atoms with Gasteiger partial charge in [0.15, 0.2) is 0 Å². The van der Waals surface area contributed by atoms with Gasteiger partial charge in [-0.25, -0.2) is 19.7 Å². The highest BCUT2D eigenvalue weighted by Crippen LogP contribution is 2.29. The zero-order valence-electron chi connectivity index (χ0n) is 11.8. The van der Waals surface area contributed by atoms with Crippen molar-refractivity contribution in [1.82, 2.24) is 19.9 Å². The molecule has 0 aliphatic carbocycles. The Kier molecular flexibility index (Phi) is 4.10. The van der Waals surface area contributed by atoms with Crippen molar-refractivity contribution in [3.8, 4) is 0 Å². The van der Waals surface area contributed by atoms with Gasteiger partial charge in [-0.05, 0) is 25.8 Å². The van der Waals surface area contributed by atoms with Gasteiger partial charge in [0, 0.05) is 36.8 Å². The predicted octanol–water partition coefficient (Wildman–Crippen LogP) is 2.65. The number of hydrogen-bond acceptors (Lipinski definition) is 5. The summed E-state index contributed by atoms with van der Waals surface area (Å²) in [5.41, 5.74) is 0. The summed E-state index contributed by atoms with van der Waals surface area (Å²) in [4.78, 5) is 26.6. The number of likely N-dealkylation sites (tertiary alicyclic amines) is 1. The van der Waals surface area contributed by atoms with Crippen molar-refractivity contribution in [2.75, 3.05) is 18.4 Å². The van der Waals surface area contributed by atoms with E-state index in [2.05, 4.69) is 20.3 Å². The Bertz CT molecular complexity index is 608. The summed E-state index contributed by atoms with van der Waals surface area (Å²) in [5, 5.41) is 6.01. The lowest BCUT2D eigenvalue weighted by molar-refractivity contribution is 0.194. The highest BCUT2D eigenvalue weighted by Gasteiger charge is 2.25. The molecule has 2 amide bonds. The second kappa shape index (κ2) is 6.17. The lowest BCUT2D eigenvalue weighted by Crippen LogP contribution is -2.40. The molecular formula is C14H17N5OS. The van der Waals surface area contributed by atoms with Gasteiger partial charge in [0.1, 0.15) is 11.6 Å². The van der Waals surface area contributed by atoms with Gasteiger partial charge in [-0.1, -0.05) is 0 Å². The predicted molar refractivity (Wildman–Crippen MR) is 81.4 cm³/mol. The van der Waals surface area contributed by atoms with Crippen molar-refractivity contribution in [2.45, 2.75) is 25.7 Å². The maximum atomic E-state index is 12.2. The van der Waals surface area contributed by atoms with Crippen molar-refractivity contribution in [2.24, 2.45) is 0 Å². The first-order chi connectivity index (χ1) is 10.2. The second-order valence-electron chi connectivity index (χ2n) is 5.05. The first-order valence-electron chi connectivity index (χ1n) is 6.97. The summed E-state index contributed by atoms with van der Waals surface area (Å²) >= 11 is 1.70. The van der Waals surface area contributed by atoms with Crippen LogP contribution in [0.25, 0.3) is 0 Å². The highest BCUT2D eigenvalue weighted by molar-refractivity contribution is 7.09. The summed E-state index contributed by atoms with van der Waals surface area (Å²) in [5.74, 6) is 1.68. The molecule has 1 N–H and O–H groups in total. The Morgan fingerprint density at radius 3 is 2.81 bits per heavy atom. The van der Waals surface area contributed by atoms with Crippen LogP contribution in [0.1, 0.15) is 29.6 Å². The van der Waals surface area contributed by atoms with Gasteiger partial charge in [0.2, 0.25) is 0 Å². The zero-order valence-corrected chi connectivity index (χ0v) is 12.6. The molecule has 2 aromatic heterocycles. The molecule has 21 heavy (non-hydrogen) atoms. The topological polar surface area (TPSA) is 71.0 Å². The highest BCUT2D eigenvalue weighted by atomic mass is 32.1. The standard InChI is InChI=1S/C14H17N5OS/c1-10-15-5-2-12(17-10)18-14(20)19-7-3-11(4-8-19)13-16-6-9-21-13/h2,5-6,9,11H,3-4,7-8H2,1H3,(H,15,17,18,20). The Balaban J connectivity index is 1.55. The Morgan fingerprint density at radius 1 is 1.33 bits per heavy atom. The van der Waals surface area contributed by atoms with Crippen LogP contribution in [-0.4, -0.2) is 39.0 Å². The number of amides is 2. The van der Waals surface area contributed by atoms with Crippen LogP contribution in [-0.2, 0) is 0 Å². The first kappa shape index (κ1) is 13.9. The fraction of sp³-hybridized carbons (Fsp3) is 0.429. The smallest absolute Gasteiger partial charge is 0.323 e. The van der Waals surface area contributed by atoms with Crippen molar-refractivity contribution in [3.05, 3.63) is 34.7 Å². The average Bonchev–Trinajstić information content (AvgIpc) is 3.01. The SMILES string of the molecule is Cc1nccc(NC(=O)N2CCC(c3nccs3)CC2)n1. The number of nitrogens with zero attached hydrogens (tertiary/aromatic N) is 4. The maximum Gasteiger partial charge on any atom is 0.323 e. The molecular weight excluding hydrogens is 286 g/mol. The quantitative estimate of drug-likeness (QED) is 0.926. The average molecular weight is 303 g/mol. The minimum Gasteiger partial charge on any atom is -0.324 e. The molecule has 0 bridgehead atoms. The fourth-order valence-corrected chi connectivity index (χ4v) is 3.29. The summed E-state index contributed by atoms with van der Waals surface area (Å²) < 4.78 is 0. The maximum absolute atomic E-state index is 12.2. The van der Waals surface area contributed by atoms with Crippen LogP contribution in [0, 0.1) is 6.92 Å². The lowest BCUT2D eigenvalue weighted by atomic mass is 9.98. The number of aromatic nitrogens is 3. The van der Waals surface area contributed by atoms with Crippen LogP contribution in [0.5, 0.6) is 0 Å². The molecule has 1 aliphatic heterocycles. The molecule has 7 heteroatoms. The number of anilines is 1. The molecule has 0 saturated carbocycles. The van der Waals surface area contributed by atoms with E-state index >= 15 is 0 Å². The molecule has 3 rings (SSSR count). The van der Waals surface area contributed by atoms with Crippen molar-refractivity contribution >= 4 is 23.2 Å². The number of hydrogen-bond donors (Lipinski definition) is 1. The summed E-state index contributed by atoms with van der Waals surface area (Å²) in [7, 11) is 0. The molecule has 3 heterocycles. The number of rotatable bonds is 2. The number of thiazole rings is 1. The Hall–Kier alpha value is -2.02. The van der Waals surface area contributed by atoms with Gasteiger partial charge in [-0.2, -0.15) is 0 Å². The third-order valence-corrected chi connectivity index (χ3v) is 4.53. The number of urea groups is 1. The van der Waals surface area contributed by atoms with Crippen molar-refractivity contribution < 1.29 is 4.79 Å². The zero-order chi connectivity index (χ0) is 14.7. The normalized spacial score (nSPS) is 16.0. The van der Waals surface area contributed by atoms with Crippen LogP contribution >= 0.6 is 11.3 Å². The van der Waals surface area contributed by atoms with Gasteiger partial charge in [-0.15, -0.1) is 11.3 Å². The van der Waals surface area contributed by atoms with E-state index in [1.54, 1.807) is 30.5 Å². The first-order valence-corrected chi connectivity index (χ1v) is 7.85. The number of aryl methyl sites for hydroxylation is 1. The minimum atomic E-state index is -0.0920. The van der Waals surface area contributed by atoms with Crippen LogP contribution in [0.2, 0.25) is 0 Å². The van der Waals surface area contributed by atoms with Crippen LogP contribution in [0.3, 0.4) is 0 Å². The lowest BCUT2D eigenvalue weighted by Gasteiger charge is -2.31. The fourth-order valence-electron chi connectivity index (χ4n) is 2.48. The van der Waals surface area contributed by atoms with Crippen LogP contribution < -0.4 is 5.32 Å². The molecule has 2 aromatic rings. The van der Waals surface area contributed by atoms with Crippen LogP contribution in [0.15, 0.2) is 23.8 Å². The summed E-state index contributed by atoms with van der Waals surface area (Å²) in [6, 6.07) is 1.61. The number of carbonyl (C=O) groups excluding carboxylic acids is 1. The van der Waals surface area contributed by atoms with Gasteiger partial charge in [0.25, 0.3) is 0 Å². The van der Waals surface area contributed by atoms with E-state index in [4.69, 9.17) is 0 Å². The largest absolute Gasteiger partial charge is 0.324 e. The Morgan fingerprint density at radius 2 is 2.14 bits per heavy atom. The van der Waals surface area contributed by atoms with Gasteiger partial charge in [0.05, 0.1) is 5.01 Å². The monoisotopic (exact) mass is 303 g/mol. The number of piperidine rings is 1. The Labute approximate surface area is 127 Å². The minimum absolute atomic E-state index is 0.0920. The molecule has 0 spiro atoms. The molecule has 1 aliphatic rings. The van der Waals surface area contributed by atoms with E-state index in [-0.39, 0.29) is 6.03 Å². The molecule has 0 atom stereocenters. The summed E-state index contributed by atoms with van der Waals surface area (Å²) in [6.45, 7) is 3.30. The number of carbonyl (C=O) groups is 1. The van der Waals surface area contributed by atoms with E-state index in [0.29, 0.717) is 17.6 Å². The third kappa shape index (κ3) is 3.36. The number of nitrogens with one attached hydrogen (secondary N) is 1. The van der Waals surface area contributed by atoms with Gasteiger partial charge < -0.3 is 4.90 Å².